The van der Waals surface area contributed by atoms with E-state index >= 15 is 0 Å². The average molecular weight is 315 g/mol. The van der Waals surface area contributed by atoms with Gasteiger partial charge in [-0.25, -0.2) is 4.79 Å². The summed E-state index contributed by atoms with van der Waals surface area (Å²) in [5, 5.41) is 11.7. The summed E-state index contributed by atoms with van der Waals surface area (Å²) in [5.41, 5.74) is 1.05. The van der Waals surface area contributed by atoms with E-state index in [0.29, 0.717) is 11.5 Å². The molecule has 0 bridgehead atoms. The molecule has 0 aromatic heterocycles. The van der Waals surface area contributed by atoms with E-state index in [9.17, 15) is 9.59 Å². The van der Waals surface area contributed by atoms with Crippen LogP contribution in [0.25, 0.3) is 0 Å². The number of hydrogen-bond acceptors (Lipinski definition) is 4. The molecular formula is C17H17NO5. The van der Waals surface area contributed by atoms with Crippen molar-refractivity contribution in [2.45, 2.75) is 6.42 Å². The molecule has 0 spiro atoms. The molecule has 6 nitrogen and oxygen atoms in total. The van der Waals surface area contributed by atoms with Crippen molar-refractivity contribution in [1.82, 2.24) is 0 Å². The maximum atomic E-state index is 12.1. The number of nitrogens with one attached hydrogen (secondary N) is 1. The lowest BCUT2D eigenvalue weighted by atomic mass is 10.1. The molecule has 23 heavy (non-hydrogen) atoms. The lowest BCUT2D eigenvalue weighted by molar-refractivity contribution is -0.115. The molecule has 6 heteroatoms. The quantitative estimate of drug-likeness (QED) is 0.856. The van der Waals surface area contributed by atoms with Crippen LogP contribution in [0.15, 0.2) is 42.5 Å². The summed E-state index contributed by atoms with van der Waals surface area (Å²) in [5.74, 6) is -0.297. The second-order valence-electron chi connectivity index (χ2n) is 4.77. The molecule has 0 aliphatic heterocycles. The number of benzene rings is 2. The predicted octanol–water partition coefficient (Wildman–Crippen LogP) is 2.58. The van der Waals surface area contributed by atoms with Gasteiger partial charge in [-0.3, -0.25) is 4.79 Å². The van der Waals surface area contributed by atoms with Gasteiger partial charge in [0.15, 0.2) is 11.5 Å². The molecule has 0 saturated heterocycles. The predicted molar refractivity (Wildman–Crippen MR) is 85.3 cm³/mol. The van der Waals surface area contributed by atoms with Crippen LogP contribution in [0.4, 0.5) is 5.69 Å². The summed E-state index contributed by atoms with van der Waals surface area (Å²) in [6, 6.07) is 11.4. The number of carbonyl (C=O) groups excluding carboxylic acids is 1. The van der Waals surface area contributed by atoms with Gasteiger partial charge in [0.1, 0.15) is 0 Å². The van der Waals surface area contributed by atoms with Gasteiger partial charge in [0.05, 0.1) is 31.9 Å². The van der Waals surface area contributed by atoms with Gasteiger partial charge in [-0.2, -0.15) is 0 Å². The molecular weight excluding hydrogens is 298 g/mol. The van der Waals surface area contributed by atoms with Crippen LogP contribution in [0.3, 0.4) is 0 Å². The van der Waals surface area contributed by atoms with Gasteiger partial charge < -0.3 is 19.9 Å². The molecule has 0 aliphatic rings. The Balaban J connectivity index is 2.13. The first-order valence-electron chi connectivity index (χ1n) is 6.88. The Kier molecular flexibility index (Phi) is 5.19. The summed E-state index contributed by atoms with van der Waals surface area (Å²) in [6.45, 7) is 0. The number of ether oxygens (including phenoxy) is 2. The van der Waals surface area contributed by atoms with E-state index in [1.54, 1.807) is 36.4 Å². The number of rotatable bonds is 6. The van der Waals surface area contributed by atoms with Crippen molar-refractivity contribution in [3.8, 4) is 11.5 Å². The second-order valence-corrected chi connectivity index (χ2v) is 4.77. The molecule has 1 amide bonds. The maximum Gasteiger partial charge on any atom is 0.337 e. The number of para-hydroxylation sites is 1. The van der Waals surface area contributed by atoms with Crippen molar-refractivity contribution in [2.75, 3.05) is 19.5 Å². The van der Waals surface area contributed by atoms with Gasteiger partial charge in [0.2, 0.25) is 5.91 Å². The highest BCUT2D eigenvalue weighted by atomic mass is 16.5. The number of carbonyl (C=O) groups is 2. The first-order chi connectivity index (χ1) is 11.0. The standard InChI is InChI=1S/C17H17NO5/c1-22-14-8-7-11(9-15(14)23-2)10-16(19)18-13-6-4-3-5-12(13)17(20)21/h3-9H,10H2,1-2H3,(H,18,19)(H,20,21). The lowest BCUT2D eigenvalue weighted by Crippen LogP contribution is -2.16. The highest BCUT2D eigenvalue weighted by Crippen LogP contribution is 2.27. The molecule has 2 rings (SSSR count). The third-order valence-corrected chi connectivity index (χ3v) is 3.24. The van der Waals surface area contributed by atoms with Gasteiger partial charge in [-0.05, 0) is 29.8 Å². The van der Waals surface area contributed by atoms with E-state index in [0.717, 1.165) is 5.56 Å². The lowest BCUT2D eigenvalue weighted by Gasteiger charge is -2.11. The number of aromatic carboxylic acids is 1. The molecule has 0 unspecified atom stereocenters. The Morgan fingerprint density at radius 1 is 1.04 bits per heavy atom. The summed E-state index contributed by atoms with van der Waals surface area (Å²) < 4.78 is 10.3. The Morgan fingerprint density at radius 3 is 2.39 bits per heavy atom. The zero-order chi connectivity index (χ0) is 16.8. The highest BCUT2D eigenvalue weighted by Gasteiger charge is 2.13. The number of carboxylic acids is 1. The summed E-state index contributed by atoms with van der Waals surface area (Å²) in [4.78, 5) is 23.3. The topological polar surface area (TPSA) is 84.9 Å². The van der Waals surface area contributed by atoms with Crippen LogP contribution < -0.4 is 14.8 Å². The molecule has 0 radical (unpaired) electrons. The molecule has 0 heterocycles. The van der Waals surface area contributed by atoms with E-state index in [2.05, 4.69) is 5.32 Å². The van der Waals surface area contributed by atoms with E-state index in [1.807, 2.05) is 0 Å². The van der Waals surface area contributed by atoms with Gasteiger partial charge in [0, 0.05) is 0 Å². The Labute approximate surface area is 133 Å². The number of amides is 1. The fourth-order valence-electron chi connectivity index (χ4n) is 2.15. The highest BCUT2D eigenvalue weighted by molar-refractivity contribution is 6.01. The number of methoxy groups -OCH3 is 2. The molecule has 2 aromatic rings. The van der Waals surface area contributed by atoms with Crippen molar-refractivity contribution in [3.05, 3.63) is 53.6 Å². The van der Waals surface area contributed by atoms with E-state index in [-0.39, 0.29) is 23.6 Å². The molecule has 2 aromatic carbocycles. The minimum atomic E-state index is -1.09. The summed E-state index contributed by atoms with van der Waals surface area (Å²) in [7, 11) is 3.05. The van der Waals surface area contributed by atoms with Crippen LogP contribution in [-0.4, -0.2) is 31.2 Å². The average Bonchev–Trinajstić information content (AvgIpc) is 2.54. The van der Waals surface area contributed by atoms with Gasteiger partial charge >= 0.3 is 5.97 Å². The van der Waals surface area contributed by atoms with E-state index in [1.165, 1.54) is 20.3 Å². The first kappa shape index (κ1) is 16.4. The van der Waals surface area contributed by atoms with Gasteiger partial charge in [-0.1, -0.05) is 18.2 Å². The van der Waals surface area contributed by atoms with Crippen LogP contribution in [-0.2, 0) is 11.2 Å². The number of carboxylic acid groups (broad SMARTS) is 1. The molecule has 0 aliphatic carbocycles. The largest absolute Gasteiger partial charge is 0.493 e. The SMILES string of the molecule is COc1ccc(CC(=O)Nc2ccccc2C(=O)O)cc1OC. The zero-order valence-corrected chi connectivity index (χ0v) is 12.8. The van der Waals surface area contributed by atoms with Crippen LogP contribution in [0, 0.1) is 0 Å². The third-order valence-electron chi connectivity index (χ3n) is 3.24. The molecule has 0 saturated carbocycles. The Hall–Kier alpha value is -3.02. The molecule has 120 valence electrons. The van der Waals surface area contributed by atoms with Crippen LogP contribution in [0.2, 0.25) is 0 Å². The minimum Gasteiger partial charge on any atom is -0.493 e. The summed E-state index contributed by atoms with van der Waals surface area (Å²) in [6.07, 6.45) is 0.0916. The van der Waals surface area contributed by atoms with Crippen LogP contribution in [0.1, 0.15) is 15.9 Å². The van der Waals surface area contributed by atoms with Crippen molar-refractivity contribution in [2.24, 2.45) is 0 Å². The fraction of sp³-hybridized carbons (Fsp3) is 0.176. The van der Waals surface area contributed by atoms with Crippen molar-refractivity contribution < 1.29 is 24.2 Å². The molecule has 0 fully saturated rings. The minimum absolute atomic E-state index is 0.0492. The molecule has 0 atom stereocenters. The monoisotopic (exact) mass is 315 g/mol. The Bertz CT molecular complexity index is 727. The van der Waals surface area contributed by atoms with Gasteiger partial charge in [0.25, 0.3) is 0 Å². The van der Waals surface area contributed by atoms with Crippen molar-refractivity contribution >= 4 is 17.6 Å². The van der Waals surface area contributed by atoms with Crippen LogP contribution in [0.5, 0.6) is 11.5 Å². The maximum absolute atomic E-state index is 12.1. The number of anilines is 1. The van der Waals surface area contributed by atoms with E-state index in [4.69, 9.17) is 14.6 Å². The first-order valence-corrected chi connectivity index (χ1v) is 6.88. The second kappa shape index (κ2) is 7.31. The van der Waals surface area contributed by atoms with Gasteiger partial charge in [-0.15, -0.1) is 0 Å². The van der Waals surface area contributed by atoms with Crippen LogP contribution >= 0.6 is 0 Å². The smallest absolute Gasteiger partial charge is 0.337 e. The van der Waals surface area contributed by atoms with Crippen molar-refractivity contribution in [1.29, 1.82) is 0 Å². The van der Waals surface area contributed by atoms with Crippen molar-refractivity contribution in [3.63, 3.8) is 0 Å². The summed E-state index contributed by atoms with van der Waals surface area (Å²) >= 11 is 0. The normalized spacial score (nSPS) is 10.0. The Morgan fingerprint density at radius 2 is 1.74 bits per heavy atom. The fourth-order valence-corrected chi connectivity index (χ4v) is 2.15. The zero-order valence-electron chi connectivity index (χ0n) is 12.8. The molecule has 2 N–H and O–H groups in total. The number of hydrogen-bond donors (Lipinski definition) is 2. The van der Waals surface area contributed by atoms with E-state index < -0.39 is 5.97 Å². The third kappa shape index (κ3) is 4.00.